The van der Waals surface area contributed by atoms with E-state index in [1.165, 1.54) is 20.8 Å². The second-order valence-electron chi connectivity index (χ2n) is 10.5. The van der Waals surface area contributed by atoms with Crippen molar-refractivity contribution < 1.29 is 52.4 Å². The third-order valence-electron chi connectivity index (χ3n) is 5.89. The van der Waals surface area contributed by atoms with Crippen molar-refractivity contribution in [1.29, 1.82) is 0 Å². The number of halogens is 1. The van der Waals surface area contributed by atoms with Crippen LogP contribution in [0.25, 0.3) is 0 Å². The molecule has 0 amide bonds. The van der Waals surface area contributed by atoms with Crippen LogP contribution in [0.3, 0.4) is 0 Å². The fourth-order valence-corrected chi connectivity index (χ4v) is 5.88. The van der Waals surface area contributed by atoms with Crippen molar-refractivity contribution in [2.75, 3.05) is 25.6 Å². The van der Waals surface area contributed by atoms with Gasteiger partial charge in [-0.25, -0.2) is 18.8 Å². The number of esters is 1. The molecule has 0 saturated carbocycles. The van der Waals surface area contributed by atoms with Crippen molar-refractivity contribution in [3.63, 3.8) is 0 Å². The largest absolute Gasteiger partial charge is 0.462 e. The molecule has 18 heteroatoms. The van der Waals surface area contributed by atoms with E-state index in [0.717, 1.165) is 30.9 Å². The molecule has 0 aliphatic carbocycles. The molecule has 15 nitrogen and oxygen atoms in total. The smallest absolute Gasteiger partial charge is 0.406 e. The standard InChI is InChI=1S/C23H37FN3O12PS/c1-13(2)38-16(30)14(3)26-40(35,36-9-10-41-19(32)21(4,5)11-28)37-12-23(24)17(31)22(6,34)18(39-23)27-8-7-15(29)25-20(27)33/h7-8,13-14,17-18,28,31,34H,9-12H2,1-6H3,(H,26,35)(H,25,29,33)/t14-,17-,18+,22+,23+,40?/m0/s1. The summed E-state index contributed by atoms with van der Waals surface area (Å²) in [6.07, 6.45) is -3.80. The van der Waals surface area contributed by atoms with E-state index < -0.39 is 86.1 Å². The van der Waals surface area contributed by atoms with E-state index in [2.05, 4.69) is 5.09 Å². The lowest BCUT2D eigenvalue weighted by Crippen LogP contribution is -2.50. The Balaban J connectivity index is 2.23. The Bertz CT molecular complexity index is 1250. The molecule has 1 unspecified atom stereocenters. The van der Waals surface area contributed by atoms with E-state index in [4.69, 9.17) is 18.5 Å². The van der Waals surface area contributed by atoms with Crippen LogP contribution in [-0.4, -0.2) is 91.2 Å². The topological polar surface area (TPSA) is 216 Å². The number of carbonyl (C=O) groups is 2. The molecule has 1 aromatic rings. The lowest BCUT2D eigenvalue weighted by Gasteiger charge is -2.29. The molecule has 0 aromatic carbocycles. The van der Waals surface area contributed by atoms with Gasteiger partial charge in [-0.05, 0) is 41.5 Å². The SMILES string of the molecule is CC(C)OC(=O)[C@H](C)NP(=O)(OCCSC(=O)C(C)(C)CO)OC[C@@]1(F)O[C@@H](n2ccc(=O)[nH]c2=O)[C@](C)(O)[C@@H]1O. The fraction of sp³-hybridized carbons (Fsp3) is 0.739. The van der Waals surface area contributed by atoms with Gasteiger partial charge in [-0.3, -0.25) is 33.0 Å². The highest BCUT2D eigenvalue weighted by molar-refractivity contribution is 8.13. The van der Waals surface area contributed by atoms with Crippen LogP contribution < -0.4 is 16.3 Å². The number of aromatic amines is 1. The third kappa shape index (κ3) is 8.78. The molecule has 1 saturated heterocycles. The molecule has 2 rings (SSSR count). The lowest BCUT2D eigenvalue weighted by molar-refractivity contribution is -0.204. The number of aliphatic hydroxyl groups is 3. The molecule has 1 aliphatic heterocycles. The summed E-state index contributed by atoms with van der Waals surface area (Å²) in [5.74, 6) is -4.16. The quantitative estimate of drug-likeness (QED) is 0.106. The van der Waals surface area contributed by atoms with Crippen LogP contribution in [0.1, 0.15) is 47.8 Å². The minimum atomic E-state index is -4.61. The summed E-state index contributed by atoms with van der Waals surface area (Å²) >= 11 is 0.776. The first-order chi connectivity index (χ1) is 18.8. The van der Waals surface area contributed by atoms with Crippen LogP contribution >= 0.6 is 19.5 Å². The summed E-state index contributed by atoms with van der Waals surface area (Å²) in [5.41, 5.74) is -5.32. The lowest BCUT2D eigenvalue weighted by atomic mass is 9.95. The summed E-state index contributed by atoms with van der Waals surface area (Å²) in [4.78, 5) is 50.0. The Morgan fingerprint density at radius 3 is 2.51 bits per heavy atom. The molecule has 1 aromatic heterocycles. The molecule has 41 heavy (non-hydrogen) atoms. The summed E-state index contributed by atoms with van der Waals surface area (Å²) in [7, 11) is -4.61. The number of nitrogens with one attached hydrogen (secondary N) is 2. The molecule has 0 bridgehead atoms. The number of hydrogen-bond donors (Lipinski definition) is 5. The van der Waals surface area contributed by atoms with Gasteiger partial charge in [0.1, 0.15) is 24.4 Å². The van der Waals surface area contributed by atoms with Gasteiger partial charge < -0.3 is 24.8 Å². The van der Waals surface area contributed by atoms with Gasteiger partial charge in [-0.1, -0.05) is 11.8 Å². The van der Waals surface area contributed by atoms with Crippen LogP contribution in [0.5, 0.6) is 0 Å². The first-order valence-electron chi connectivity index (χ1n) is 12.5. The minimum absolute atomic E-state index is 0.0616. The summed E-state index contributed by atoms with van der Waals surface area (Å²) < 4.78 is 50.8. The summed E-state index contributed by atoms with van der Waals surface area (Å²) in [6, 6.07) is -0.373. The van der Waals surface area contributed by atoms with Gasteiger partial charge >= 0.3 is 19.4 Å². The molecule has 5 N–H and O–H groups in total. The molecule has 234 valence electrons. The number of rotatable bonds is 14. The van der Waals surface area contributed by atoms with Gasteiger partial charge in [-0.2, -0.15) is 0 Å². The van der Waals surface area contributed by atoms with E-state index in [1.807, 2.05) is 4.98 Å². The van der Waals surface area contributed by atoms with Gasteiger partial charge in [0.2, 0.25) is 0 Å². The van der Waals surface area contributed by atoms with Gasteiger partial charge in [0.25, 0.3) is 11.4 Å². The van der Waals surface area contributed by atoms with Crippen LogP contribution in [0.4, 0.5) is 4.39 Å². The first kappa shape index (κ1) is 35.2. The van der Waals surface area contributed by atoms with Crippen molar-refractivity contribution in [1.82, 2.24) is 14.6 Å². The summed E-state index contributed by atoms with van der Waals surface area (Å²) in [5, 5.41) is 32.6. The molecule has 6 atom stereocenters. The van der Waals surface area contributed by atoms with Crippen molar-refractivity contribution in [2.24, 2.45) is 5.41 Å². The predicted octanol–water partition coefficient (Wildman–Crippen LogP) is 0.192. The fourth-order valence-electron chi connectivity index (χ4n) is 3.46. The van der Waals surface area contributed by atoms with Crippen LogP contribution in [0, 0.1) is 5.41 Å². The Labute approximate surface area is 239 Å². The maximum Gasteiger partial charge on any atom is 0.406 e. The highest BCUT2D eigenvalue weighted by atomic mass is 32.2. The number of alkyl halides is 1. The zero-order valence-corrected chi connectivity index (χ0v) is 25.2. The highest BCUT2D eigenvalue weighted by Crippen LogP contribution is 2.50. The number of aromatic nitrogens is 2. The molecular weight excluding hydrogens is 592 g/mol. The van der Waals surface area contributed by atoms with Gasteiger partial charge in [0, 0.05) is 18.0 Å². The molecular formula is C23H37FN3O12PS. The second-order valence-corrected chi connectivity index (χ2v) is 13.4. The van der Waals surface area contributed by atoms with Gasteiger partial charge in [-0.15, -0.1) is 0 Å². The molecule has 1 aliphatic rings. The zero-order valence-electron chi connectivity index (χ0n) is 23.5. The number of hydrogen-bond acceptors (Lipinski definition) is 13. The Morgan fingerprint density at radius 2 is 1.95 bits per heavy atom. The number of aliphatic hydroxyl groups excluding tert-OH is 2. The number of thioether (sulfide) groups is 1. The van der Waals surface area contributed by atoms with E-state index >= 15 is 4.39 Å². The van der Waals surface area contributed by atoms with E-state index in [-0.39, 0.29) is 10.9 Å². The van der Waals surface area contributed by atoms with Crippen LogP contribution in [0.15, 0.2) is 21.9 Å². The van der Waals surface area contributed by atoms with Gasteiger partial charge in [0.05, 0.1) is 24.7 Å². The van der Waals surface area contributed by atoms with Crippen molar-refractivity contribution in [3.8, 4) is 0 Å². The molecule has 2 heterocycles. The Kier molecular flexibility index (Phi) is 11.7. The van der Waals surface area contributed by atoms with Crippen molar-refractivity contribution in [2.45, 2.75) is 77.5 Å². The number of nitrogens with zero attached hydrogens (tertiary/aromatic N) is 1. The first-order valence-corrected chi connectivity index (χ1v) is 15.0. The maximum absolute atomic E-state index is 15.9. The van der Waals surface area contributed by atoms with E-state index in [9.17, 15) is 39.1 Å². The second kappa shape index (κ2) is 13.6. The molecule has 0 spiro atoms. The zero-order chi connectivity index (χ0) is 31.4. The monoisotopic (exact) mass is 629 g/mol. The van der Waals surface area contributed by atoms with E-state index in [1.54, 1.807) is 13.8 Å². The number of H-pyrrole nitrogens is 1. The molecule has 1 fully saturated rings. The third-order valence-corrected chi connectivity index (χ3v) is 8.77. The number of ether oxygens (including phenoxy) is 2. The maximum atomic E-state index is 15.9. The highest BCUT2D eigenvalue weighted by Gasteiger charge is 2.63. The summed E-state index contributed by atoms with van der Waals surface area (Å²) in [6.45, 7) is 6.35. The van der Waals surface area contributed by atoms with Gasteiger partial charge in [0.15, 0.2) is 11.3 Å². The molecule has 0 radical (unpaired) electrons. The normalized spacial score (nSPS) is 27.0. The average Bonchev–Trinajstić information content (AvgIpc) is 3.05. The predicted molar refractivity (Wildman–Crippen MR) is 144 cm³/mol. The Morgan fingerprint density at radius 1 is 1.32 bits per heavy atom. The number of carbonyl (C=O) groups excluding carboxylic acids is 2. The van der Waals surface area contributed by atoms with Crippen LogP contribution in [-0.2, 0) is 32.7 Å². The van der Waals surface area contributed by atoms with Crippen molar-refractivity contribution in [3.05, 3.63) is 33.1 Å². The minimum Gasteiger partial charge on any atom is -0.462 e. The Hall–Kier alpha value is -1.95. The van der Waals surface area contributed by atoms with E-state index in [0.29, 0.717) is 4.57 Å². The average molecular weight is 630 g/mol. The van der Waals surface area contributed by atoms with Crippen LogP contribution in [0.2, 0.25) is 0 Å². The van der Waals surface area contributed by atoms with Crippen molar-refractivity contribution >= 4 is 30.6 Å².